The molecular weight excluding hydrogens is 188 g/mol. The van der Waals surface area contributed by atoms with Crippen molar-refractivity contribution < 1.29 is 24.1 Å². The molecule has 1 aromatic carbocycles. The number of hydrogen-bond acceptors (Lipinski definition) is 5. The zero-order chi connectivity index (χ0) is 10.4. The first-order valence-electron chi connectivity index (χ1n) is 3.72. The Bertz CT molecular complexity index is 334. The van der Waals surface area contributed by atoms with Gasteiger partial charge in [0.05, 0.1) is 7.11 Å². The Morgan fingerprint density at radius 3 is 2.57 bits per heavy atom. The molecule has 0 aliphatic carbocycles. The quantitative estimate of drug-likeness (QED) is 0.399. The summed E-state index contributed by atoms with van der Waals surface area (Å²) in [6, 6.07) is 4.35. The van der Waals surface area contributed by atoms with Gasteiger partial charge in [-0.05, 0) is 18.2 Å². The first-order valence-corrected chi connectivity index (χ1v) is 3.72. The average molecular weight is 196 g/mol. The Labute approximate surface area is 80.1 Å². The lowest BCUT2D eigenvalue weighted by Crippen LogP contribution is -1.97. The van der Waals surface area contributed by atoms with Crippen LogP contribution in [0.5, 0.6) is 11.5 Å². The van der Waals surface area contributed by atoms with Gasteiger partial charge in [-0.3, -0.25) is 9.59 Å². The van der Waals surface area contributed by atoms with Crippen molar-refractivity contribution in [2.24, 2.45) is 0 Å². The SMILES string of the molecule is COOc1ccc(C=O)cc1OC=O. The maximum atomic E-state index is 10.4. The fraction of sp³-hybridized carbons (Fsp3) is 0.111. The van der Waals surface area contributed by atoms with E-state index in [-0.39, 0.29) is 18.0 Å². The Morgan fingerprint density at radius 2 is 2.00 bits per heavy atom. The van der Waals surface area contributed by atoms with Crippen molar-refractivity contribution in [2.45, 2.75) is 0 Å². The molecule has 5 heteroatoms. The molecule has 0 heterocycles. The third-order valence-corrected chi connectivity index (χ3v) is 1.45. The monoisotopic (exact) mass is 196 g/mol. The van der Waals surface area contributed by atoms with Crippen LogP contribution in [0.25, 0.3) is 0 Å². The van der Waals surface area contributed by atoms with Crippen LogP contribution in [-0.4, -0.2) is 19.9 Å². The van der Waals surface area contributed by atoms with E-state index < -0.39 is 0 Å². The highest BCUT2D eigenvalue weighted by Crippen LogP contribution is 2.27. The number of carbonyl (C=O) groups excluding carboxylic acids is 2. The minimum atomic E-state index is 0.131. The molecule has 1 aromatic rings. The van der Waals surface area contributed by atoms with Gasteiger partial charge in [-0.2, -0.15) is 4.89 Å². The number of carbonyl (C=O) groups is 2. The molecule has 74 valence electrons. The predicted octanol–water partition coefficient (Wildman–Crippen LogP) is 0.974. The van der Waals surface area contributed by atoms with Gasteiger partial charge in [-0.1, -0.05) is 0 Å². The van der Waals surface area contributed by atoms with Crippen molar-refractivity contribution in [1.82, 2.24) is 0 Å². The largest absolute Gasteiger partial charge is 0.425 e. The highest BCUT2D eigenvalue weighted by atomic mass is 17.2. The van der Waals surface area contributed by atoms with Crippen molar-refractivity contribution in [2.75, 3.05) is 7.11 Å². The molecule has 0 atom stereocenters. The van der Waals surface area contributed by atoms with E-state index >= 15 is 0 Å². The lowest BCUT2D eigenvalue weighted by molar-refractivity contribution is -0.179. The summed E-state index contributed by atoms with van der Waals surface area (Å²) in [7, 11) is 1.32. The van der Waals surface area contributed by atoms with E-state index in [2.05, 4.69) is 14.5 Å². The molecular formula is C9H8O5. The first-order chi connectivity index (χ1) is 6.81. The van der Waals surface area contributed by atoms with Crippen molar-refractivity contribution in [3.63, 3.8) is 0 Å². The molecule has 0 spiro atoms. The summed E-state index contributed by atoms with van der Waals surface area (Å²) in [6.07, 6.45) is 0.633. The molecule has 0 fully saturated rings. The van der Waals surface area contributed by atoms with E-state index in [1.165, 1.54) is 25.3 Å². The van der Waals surface area contributed by atoms with E-state index in [1.807, 2.05) is 0 Å². The van der Waals surface area contributed by atoms with E-state index in [4.69, 9.17) is 0 Å². The minimum absolute atomic E-state index is 0.131. The molecule has 0 aromatic heterocycles. The second kappa shape index (κ2) is 4.98. The smallest absolute Gasteiger partial charge is 0.298 e. The van der Waals surface area contributed by atoms with Gasteiger partial charge >= 0.3 is 0 Å². The fourth-order valence-electron chi connectivity index (χ4n) is 0.901. The van der Waals surface area contributed by atoms with Crippen LogP contribution < -0.4 is 9.62 Å². The Hall–Kier alpha value is -1.88. The third-order valence-electron chi connectivity index (χ3n) is 1.45. The van der Waals surface area contributed by atoms with Crippen LogP contribution >= 0.6 is 0 Å². The van der Waals surface area contributed by atoms with Crippen LogP contribution in [0, 0.1) is 0 Å². The summed E-state index contributed by atoms with van der Waals surface area (Å²) in [4.78, 5) is 29.6. The van der Waals surface area contributed by atoms with Crippen molar-refractivity contribution in [3.05, 3.63) is 23.8 Å². The van der Waals surface area contributed by atoms with Crippen molar-refractivity contribution in [1.29, 1.82) is 0 Å². The lowest BCUT2D eigenvalue weighted by Gasteiger charge is -2.05. The Balaban J connectivity index is 3.02. The van der Waals surface area contributed by atoms with Gasteiger partial charge in [0.25, 0.3) is 6.47 Å². The first kappa shape index (κ1) is 10.2. The predicted molar refractivity (Wildman–Crippen MR) is 46.2 cm³/mol. The summed E-state index contributed by atoms with van der Waals surface area (Å²) < 4.78 is 4.59. The molecule has 0 unspecified atom stereocenters. The van der Waals surface area contributed by atoms with Gasteiger partial charge in [0.2, 0.25) is 5.75 Å². The van der Waals surface area contributed by atoms with E-state index in [9.17, 15) is 9.59 Å². The molecule has 0 bridgehead atoms. The molecule has 0 saturated heterocycles. The van der Waals surface area contributed by atoms with Gasteiger partial charge in [0.1, 0.15) is 6.29 Å². The molecule has 0 radical (unpaired) electrons. The van der Waals surface area contributed by atoms with Crippen LogP contribution in [0.3, 0.4) is 0 Å². The molecule has 5 nitrogen and oxygen atoms in total. The summed E-state index contributed by atoms with van der Waals surface area (Å²) in [5.41, 5.74) is 0.380. The van der Waals surface area contributed by atoms with Crippen LogP contribution in [0.15, 0.2) is 18.2 Å². The number of benzene rings is 1. The van der Waals surface area contributed by atoms with Gasteiger partial charge in [0, 0.05) is 5.56 Å². The summed E-state index contributed by atoms with van der Waals surface area (Å²) in [5, 5.41) is 0. The van der Waals surface area contributed by atoms with Crippen LogP contribution in [0.4, 0.5) is 0 Å². The standard InChI is InChI=1S/C9H8O5/c1-12-14-8-3-2-7(5-10)4-9(8)13-6-11/h2-6H,1H3. The fourth-order valence-corrected chi connectivity index (χ4v) is 0.901. The minimum Gasteiger partial charge on any atom is -0.425 e. The number of hydrogen-bond donors (Lipinski definition) is 0. The zero-order valence-electron chi connectivity index (χ0n) is 7.43. The van der Waals surface area contributed by atoms with Crippen molar-refractivity contribution in [3.8, 4) is 11.5 Å². The van der Waals surface area contributed by atoms with Crippen LogP contribution in [0.2, 0.25) is 0 Å². The van der Waals surface area contributed by atoms with Crippen LogP contribution in [0.1, 0.15) is 10.4 Å². The molecule has 0 aliphatic rings. The van der Waals surface area contributed by atoms with Gasteiger partial charge in [-0.25, -0.2) is 0 Å². The van der Waals surface area contributed by atoms with E-state index in [0.29, 0.717) is 11.8 Å². The topological polar surface area (TPSA) is 61.8 Å². The second-order valence-corrected chi connectivity index (χ2v) is 2.29. The number of ether oxygens (including phenoxy) is 1. The Kier molecular flexibility index (Phi) is 3.63. The molecule has 1 rings (SSSR count). The highest BCUT2D eigenvalue weighted by molar-refractivity contribution is 5.76. The summed E-state index contributed by atoms with van der Waals surface area (Å²) in [6.45, 7) is 0.242. The Morgan fingerprint density at radius 1 is 1.21 bits per heavy atom. The summed E-state index contributed by atoms with van der Waals surface area (Å²) >= 11 is 0. The van der Waals surface area contributed by atoms with E-state index in [1.54, 1.807) is 0 Å². The van der Waals surface area contributed by atoms with Gasteiger partial charge in [-0.15, -0.1) is 0 Å². The second-order valence-electron chi connectivity index (χ2n) is 2.29. The molecule has 0 aliphatic heterocycles. The highest BCUT2D eigenvalue weighted by Gasteiger charge is 2.06. The van der Waals surface area contributed by atoms with Gasteiger partial charge < -0.3 is 9.62 Å². The van der Waals surface area contributed by atoms with Crippen molar-refractivity contribution >= 4 is 12.8 Å². The summed E-state index contributed by atoms with van der Waals surface area (Å²) in [5.74, 6) is 0.358. The average Bonchev–Trinajstić information content (AvgIpc) is 2.21. The van der Waals surface area contributed by atoms with E-state index in [0.717, 1.165) is 0 Å². The maximum Gasteiger partial charge on any atom is 0.298 e. The van der Waals surface area contributed by atoms with Crippen LogP contribution in [-0.2, 0) is 9.68 Å². The zero-order valence-corrected chi connectivity index (χ0v) is 7.43. The number of rotatable bonds is 5. The molecule has 14 heavy (non-hydrogen) atoms. The molecule has 0 saturated carbocycles. The van der Waals surface area contributed by atoms with Gasteiger partial charge in [0.15, 0.2) is 5.75 Å². The molecule has 0 N–H and O–H groups in total. The number of aldehydes is 1. The lowest BCUT2D eigenvalue weighted by atomic mass is 10.2. The molecule has 0 amide bonds. The normalized spacial score (nSPS) is 9.21. The maximum absolute atomic E-state index is 10.4. The third kappa shape index (κ3) is 2.30.